The molecule has 0 unspecified atom stereocenters. The third kappa shape index (κ3) is 3.39. The molecule has 2 atom stereocenters. The molecule has 1 N–H and O–H groups in total. The normalized spacial score (nSPS) is 21.0. The molecule has 0 aliphatic carbocycles. The van der Waals surface area contributed by atoms with Crippen molar-refractivity contribution in [1.82, 2.24) is 10.2 Å². The number of carbonyl (C=O) groups excluding carboxylic acids is 2. The van der Waals surface area contributed by atoms with Gasteiger partial charge < -0.3 is 15.0 Å². The Bertz CT molecular complexity index is 582. The van der Waals surface area contributed by atoms with Crippen molar-refractivity contribution in [3.05, 3.63) is 34.6 Å². The van der Waals surface area contributed by atoms with Crippen molar-refractivity contribution in [2.45, 2.75) is 12.5 Å². The van der Waals surface area contributed by atoms with Gasteiger partial charge in [0.15, 0.2) is 0 Å². The zero-order valence-corrected chi connectivity index (χ0v) is 13.2. The number of benzene rings is 1. The summed E-state index contributed by atoms with van der Waals surface area (Å²) in [7, 11) is 3.11. The van der Waals surface area contributed by atoms with Crippen molar-refractivity contribution in [2.75, 3.05) is 27.2 Å². The van der Waals surface area contributed by atoms with Gasteiger partial charge in [0, 0.05) is 39.6 Å². The van der Waals surface area contributed by atoms with Crippen molar-refractivity contribution < 1.29 is 18.7 Å². The number of hydrogen-bond acceptors (Lipinski definition) is 3. The average molecular weight is 329 g/mol. The summed E-state index contributed by atoms with van der Waals surface area (Å²) >= 11 is 5.86. The molecule has 1 aromatic carbocycles. The monoisotopic (exact) mass is 328 g/mol. The van der Waals surface area contributed by atoms with Gasteiger partial charge in [0.2, 0.25) is 5.91 Å². The van der Waals surface area contributed by atoms with Gasteiger partial charge in [-0.15, -0.1) is 0 Å². The second-order valence-electron chi connectivity index (χ2n) is 5.22. The molecule has 0 radical (unpaired) electrons. The van der Waals surface area contributed by atoms with Gasteiger partial charge in [-0.1, -0.05) is 17.7 Å². The summed E-state index contributed by atoms with van der Waals surface area (Å²) in [6.07, 6.45) is 0.0453. The van der Waals surface area contributed by atoms with E-state index in [1.807, 2.05) is 0 Å². The van der Waals surface area contributed by atoms with Crippen LogP contribution in [-0.4, -0.2) is 50.1 Å². The molecule has 1 heterocycles. The van der Waals surface area contributed by atoms with Gasteiger partial charge in [0.05, 0.1) is 16.7 Å². The Kier molecular flexibility index (Phi) is 5.37. The number of halogens is 2. The Balaban J connectivity index is 2.14. The molecule has 1 aliphatic rings. The quantitative estimate of drug-likeness (QED) is 0.915. The number of hydrogen-bond donors (Lipinski definition) is 1. The van der Waals surface area contributed by atoms with Gasteiger partial charge in [-0.25, -0.2) is 4.39 Å². The predicted molar refractivity (Wildman–Crippen MR) is 80.3 cm³/mol. The van der Waals surface area contributed by atoms with Crippen LogP contribution in [-0.2, 0) is 9.53 Å². The highest BCUT2D eigenvalue weighted by Gasteiger charge is 2.37. The summed E-state index contributed by atoms with van der Waals surface area (Å²) in [5, 5.41) is 2.38. The van der Waals surface area contributed by atoms with Crippen LogP contribution in [0.3, 0.4) is 0 Å². The molecular weight excluding hydrogens is 311 g/mol. The first-order chi connectivity index (χ1) is 10.5. The SMILES string of the molecule is CNC(=O)C[C@@H]1CN(C(=O)c2cccc(F)c2Cl)C[C@@H]1OC. The van der Waals surface area contributed by atoms with E-state index < -0.39 is 5.82 Å². The van der Waals surface area contributed by atoms with Crippen molar-refractivity contribution in [3.63, 3.8) is 0 Å². The van der Waals surface area contributed by atoms with Crippen molar-refractivity contribution in [2.24, 2.45) is 5.92 Å². The van der Waals surface area contributed by atoms with Crippen LogP contribution in [0.15, 0.2) is 18.2 Å². The number of methoxy groups -OCH3 is 1. The molecule has 1 fully saturated rings. The van der Waals surface area contributed by atoms with Crippen molar-refractivity contribution in [3.8, 4) is 0 Å². The zero-order chi connectivity index (χ0) is 16.3. The Morgan fingerprint density at radius 2 is 2.18 bits per heavy atom. The van der Waals surface area contributed by atoms with Crippen LogP contribution < -0.4 is 5.32 Å². The number of amides is 2. The van der Waals surface area contributed by atoms with Crippen LogP contribution in [0.25, 0.3) is 0 Å². The van der Waals surface area contributed by atoms with E-state index in [9.17, 15) is 14.0 Å². The van der Waals surface area contributed by atoms with Gasteiger partial charge in [-0.2, -0.15) is 0 Å². The number of nitrogens with zero attached hydrogens (tertiary/aromatic N) is 1. The van der Waals surface area contributed by atoms with Crippen LogP contribution in [0.5, 0.6) is 0 Å². The molecule has 2 amide bonds. The lowest BCUT2D eigenvalue weighted by atomic mass is 10.0. The van der Waals surface area contributed by atoms with Crippen molar-refractivity contribution in [1.29, 1.82) is 0 Å². The molecule has 1 saturated heterocycles. The predicted octanol–water partition coefficient (Wildman–Crippen LogP) is 1.70. The fourth-order valence-electron chi connectivity index (χ4n) is 2.65. The third-order valence-corrected chi connectivity index (χ3v) is 4.26. The van der Waals surface area contributed by atoms with Gasteiger partial charge in [-0.05, 0) is 12.1 Å². The molecule has 1 aliphatic heterocycles. The highest BCUT2D eigenvalue weighted by Crippen LogP contribution is 2.27. The van der Waals surface area contributed by atoms with E-state index in [1.54, 1.807) is 19.1 Å². The summed E-state index contributed by atoms with van der Waals surface area (Å²) < 4.78 is 18.8. The summed E-state index contributed by atoms with van der Waals surface area (Å²) in [5.74, 6) is -1.19. The highest BCUT2D eigenvalue weighted by molar-refractivity contribution is 6.34. The zero-order valence-electron chi connectivity index (χ0n) is 12.4. The summed E-state index contributed by atoms with van der Waals surface area (Å²) in [6.45, 7) is 0.724. The molecule has 0 bridgehead atoms. The largest absolute Gasteiger partial charge is 0.379 e. The van der Waals surface area contributed by atoms with E-state index in [4.69, 9.17) is 16.3 Å². The summed E-state index contributed by atoms with van der Waals surface area (Å²) in [5.41, 5.74) is 0.122. The number of ether oxygens (including phenoxy) is 1. The van der Waals surface area contributed by atoms with E-state index in [1.165, 1.54) is 18.2 Å². The first-order valence-corrected chi connectivity index (χ1v) is 7.32. The maximum atomic E-state index is 13.5. The minimum Gasteiger partial charge on any atom is -0.379 e. The molecule has 1 aromatic rings. The molecular formula is C15H18ClFN2O3. The molecule has 22 heavy (non-hydrogen) atoms. The van der Waals surface area contributed by atoms with Crippen LogP contribution in [0.4, 0.5) is 4.39 Å². The molecule has 120 valence electrons. The molecule has 2 rings (SSSR count). The summed E-state index contributed by atoms with van der Waals surface area (Å²) in [6, 6.07) is 4.14. The van der Waals surface area contributed by atoms with Gasteiger partial charge in [0.1, 0.15) is 5.82 Å². The van der Waals surface area contributed by atoms with E-state index >= 15 is 0 Å². The van der Waals surface area contributed by atoms with E-state index in [2.05, 4.69) is 5.32 Å². The maximum absolute atomic E-state index is 13.5. The Morgan fingerprint density at radius 1 is 1.45 bits per heavy atom. The molecule has 0 aromatic heterocycles. The smallest absolute Gasteiger partial charge is 0.255 e. The number of nitrogens with one attached hydrogen (secondary N) is 1. The first-order valence-electron chi connectivity index (χ1n) is 6.94. The van der Waals surface area contributed by atoms with Crippen LogP contribution in [0, 0.1) is 11.7 Å². The maximum Gasteiger partial charge on any atom is 0.255 e. The molecule has 5 nitrogen and oxygen atoms in total. The number of carbonyl (C=O) groups is 2. The first kappa shape index (κ1) is 16.7. The van der Waals surface area contributed by atoms with Crippen molar-refractivity contribution >= 4 is 23.4 Å². The third-order valence-electron chi connectivity index (χ3n) is 3.88. The summed E-state index contributed by atoms with van der Waals surface area (Å²) in [4.78, 5) is 25.6. The molecule has 0 saturated carbocycles. The standard InChI is InChI=1S/C15H18ClFN2O3/c1-18-13(20)6-9-7-19(8-12(9)22-2)15(21)10-4-3-5-11(17)14(10)16/h3-5,9,12H,6-8H2,1-2H3,(H,18,20)/t9-,12+/m1/s1. The van der Waals surface area contributed by atoms with E-state index in [0.717, 1.165) is 0 Å². The van der Waals surface area contributed by atoms with Crippen LogP contribution in [0.2, 0.25) is 5.02 Å². The fourth-order valence-corrected chi connectivity index (χ4v) is 2.86. The fraction of sp³-hybridized carbons (Fsp3) is 0.467. The Morgan fingerprint density at radius 3 is 2.82 bits per heavy atom. The highest BCUT2D eigenvalue weighted by atomic mass is 35.5. The van der Waals surface area contributed by atoms with Gasteiger partial charge in [0.25, 0.3) is 5.91 Å². The van der Waals surface area contributed by atoms with Crippen LogP contribution >= 0.6 is 11.6 Å². The molecule has 0 spiro atoms. The molecule has 7 heteroatoms. The van der Waals surface area contributed by atoms with E-state index in [-0.39, 0.29) is 40.8 Å². The average Bonchev–Trinajstić information content (AvgIpc) is 2.92. The lowest BCUT2D eigenvalue weighted by Gasteiger charge is -2.17. The minimum absolute atomic E-state index is 0.0961. The number of rotatable bonds is 4. The minimum atomic E-state index is -0.628. The Labute approximate surface area is 133 Å². The van der Waals surface area contributed by atoms with Crippen LogP contribution in [0.1, 0.15) is 16.8 Å². The topological polar surface area (TPSA) is 58.6 Å². The van der Waals surface area contributed by atoms with Gasteiger partial charge >= 0.3 is 0 Å². The van der Waals surface area contributed by atoms with E-state index in [0.29, 0.717) is 13.1 Å². The second kappa shape index (κ2) is 7.07. The lowest BCUT2D eigenvalue weighted by Crippen LogP contribution is -2.30. The van der Waals surface area contributed by atoms with Gasteiger partial charge in [-0.3, -0.25) is 9.59 Å². The second-order valence-corrected chi connectivity index (χ2v) is 5.60. The lowest BCUT2D eigenvalue weighted by molar-refractivity contribution is -0.122. The Hall–Kier alpha value is -1.66. The number of likely N-dealkylation sites (tertiary alicyclic amines) is 1.